The van der Waals surface area contributed by atoms with Crippen molar-refractivity contribution in [2.24, 2.45) is 0 Å². The Balaban J connectivity index is 1.56. The molecule has 0 unspecified atom stereocenters. The molecule has 0 saturated carbocycles. The molecule has 166 valence electrons. The number of benzene rings is 2. The maximum absolute atomic E-state index is 13.9. The van der Waals surface area contributed by atoms with E-state index in [1.165, 1.54) is 17.0 Å². The van der Waals surface area contributed by atoms with Crippen LogP contribution in [0.5, 0.6) is 0 Å². The lowest BCUT2D eigenvalue weighted by molar-refractivity contribution is -0.137. The summed E-state index contributed by atoms with van der Waals surface area (Å²) in [5.74, 6) is -1.09. The van der Waals surface area contributed by atoms with Gasteiger partial charge in [0.05, 0.1) is 12.1 Å². The molecule has 2 aromatic heterocycles. The Hall–Kier alpha value is -4.26. The lowest BCUT2D eigenvalue weighted by atomic mass is 9.98. The van der Waals surface area contributed by atoms with Gasteiger partial charge in [-0.15, -0.1) is 0 Å². The third-order valence-electron chi connectivity index (χ3n) is 5.11. The van der Waals surface area contributed by atoms with Gasteiger partial charge >= 0.3 is 6.18 Å². The summed E-state index contributed by atoms with van der Waals surface area (Å²) in [7, 11) is 0. The summed E-state index contributed by atoms with van der Waals surface area (Å²) in [5, 5.41) is 4.06. The molecule has 0 fully saturated rings. The molecule has 0 radical (unpaired) electrons. The van der Waals surface area contributed by atoms with E-state index in [4.69, 9.17) is 12.3 Å². The lowest BCUT2D eigenvalue weighted by Crippen LogP contribution is -2.11. The Kier molecular flexibility index (Phi) is 5.55. The van der Waals surface area contributed by atoms with Crippen molar-refractivity contribution in [3.8, 4) is 11.1 Å². The van der Waals surface area contributed by atoms with Crippen molar-refractivity contribution in [3.05, 3.63) is 88.9 Å². The molecule has 6 nitrogen and oxygen atoms in total. The van der Waals surface area contributed by atoms with E-state index in [0.29, 0.717) is 46.1 Å². The number of carbonyl (C=O) groups excluding carboxylic acids is 1. The number of anilines is 1. The number of hydrogen-bond donors (Lipinski definition) is 1. The Bertz CT molecular complexity index is 1400. The van der Waals surface area contributed by atoms with Crippen molar-refractivity contribution >= 4 is 22.8 Å². The van der Waals surface area contributed by atoms with Crippen molar-refractivity contribution in [2.45, 2.75) is 19.0 Å². The first-order chi connectivity index (χ1) is 15.7. The van der Waals surface area contributed by atoms with Gasteiger partial charge < -0.3 is 5.73 Å². The number of hydrogen-bond acceptors (Lipinski definition) is 4. The molecule has 0 aliphatic carbocycles. The summed E-state index contributed by atoms with van der Waals surface area (Å²) in [6, 6.07) is 8.73. The van der Waals surface area contributed by atoms with Crippen LogP contribution in [-0.2, 0) is 23.8 Å². The van der Waals surface area contributed by atoms with Crippen LogP contribution >= 0.6 is 0 Å². The molecule has 33 heavy (non-hydrogen) atoms. The third-order valence-corrected chi connectivity index (χ3v) is 5.11. The molecule has 4 rings (SSSR count). The number of nitrogens with zero attached hydrogens (tertiary/aromatic N) is 4. The second-order valence-electron chi connectivity index (χ2n) is 7.33. The number of carbonyl (C=O) groups is 1. The average Bonchev–Trinajstić information content (AvgIpc) is 3.15. The van der Waals surface area contributed by atoms with Gasteiger partial charge in [0.1, 0.15) is 23.4 Å². The second kappa shape index (κ2) is 8.35. The monoisotopic (exact) mass is 453 g/mol. The lowest BCUT2D eigenvalue weighted by Gasteiger charge is -2.10. The molecule has 10 heteroatoms. The van der Waals surface area contributed by atoms with Crippen molar-refractivity contribution in [2.75, 3.05) is 5.73 Å². The topological polar surface area (TPSA) is 77.6 Å². The van der Waals surface area contributed by atoms with Crippen molar-refractivity contribution in [1.82, 2.24) is 14.6 Å². The fraction of sp³-hybridized carbons (Fsp3) is 0.130. The quantitative estimate of drug-likeness (QED) is 0.339. The van der Waals surface area contributed by atoms with Crippen LogP contribution in [0.4, 0.5) is 29.1 Å². The minimum absolute atomic E-state index is 0.0899. The first-order valence-corrected chi connectivity index (χ1v) is 9.63. The van der Waals surface area contributed by atoms with Crippen molar-refractivity contribution in [3.63, 3.8) is 0 Å². The van der Waals surface area contributed by atoms with E-state index in [9.17, 15) is 22.4 Å². The van der Waals surface area contributed by atoms with Gasteiger partial charge in [-0.3, -0.25) is 4.79 Å². The maximum Gasteiger partial charge on any atom is 0.416 e. The van der Waals surface area contributed by atoms with Gasteiger partial charge in [0, 0.05) is 24.6 Å². The van der Waals surface area contributed by atoms with E-state index < -0.39 is 29.8 Å². The standard InChI is InChI=1S/C23H15F4N5O/c1-29-19-11-32-21(22(28)30-12-31-32)20(19)14-4-2-13(3-5-14)8-17(33)10-15-9-16(23(25,26)27)6-7-18(15)24/h2-7,9,11-12H,8,10H2,(H2,28,30,31). The van der Waals surface area contributed by atoms with E-state index in [0.717, 1.165) is 0 Å². The van der Waals surface area contributed by atoms with Crippen LogP contribution in [0.15, 0.2) is 55.0 Å². The number of rotatable bonds is 5. The average molecular weight is 453 g/mol. The number of fused-ring (bicyclic) bond motifs is 1. The number of nitrogens with two attached hydrogens (primary N) is 1. The summed E-state index contributed by atoms with van der Waals surface area (Å²) in [5.41, 5.74) is 7.25. The molecule has 2 aromatic carbocycles. The molecular formula is C23H15F4N5O. The molecule has 0 spiro atoms. The second-order valence-corrected chi connectivity index (χ2v) is 7.33. The highest BCUT2D eigenvalue weighted by atomic mass is 19.4. The molecule has 0 atom stereocenters. The van der Waals surface area contributed by atoms with Gasteiger partial charge in [0.15, 0.2) is 5.82 Å². The predicted octanol–water partition coefficient (Wildman–Crippen LogP) is 5.04. The predicted molar refractivity (Wildman–Crippen MR) is 113 cm³/mol. The maximum atomic E-state index is 13.9. The molecule has 4 aromatic rings. The summed E-state index contributed by atoms with van der Waals surface area (Å²) in [6.45, 7) is 7.43. The van der Waals surface area contributed by atoms with Crippen LogP contribution in [0, 0.1) is 12.4 Å². The van der Waals surface area contributed by atoms with Gasteiger partial charge in [-0.05, 0) is 34.9 Å². The van der Waals surface area contributed by atoms with E-state index in [-0.39, 0.29) is 17.8 Å². The molecule has 2 heterocycles. The summed E-state index contributed by atoms with van der Waals surface area (Å²) < 4.78 is 54.0. The minimum Gasteiger partial charge on any atom is -0.382 e. The molecule has 0 aliphatic rings. The first kappa shape index (κ1) is 22.0. The Morgan fingerprint density at radius 3 is 2.52 bits per heavy atom. The van der Waals surface area contributed by atoms with Crippen LogP contribution in [0.1, 0.15) is 16.7 Å². The third kappa shape index (κ3) is 4.39. The summed E-state index contributed by atoms with van der Waals surface area (Å²) in [4.78, 5) is 19.9. The first-order valence-electron chi connectivity index (χ1n) is 9.63. The summed E-state index contributed by atoms with van der Waals surface area (Å²) in [6.07, 6.45) is -2.35. The Morgan fingerprint density at radius 2 is 1.85 bits per heavy atom. The highest BCUT2D eigenvalue weighted by Crippen LogP contribution is 2.37. The van der Waals surface area contributed by atoms with Crippen LogP contribution in [0.2, 0.25) is 0 Å². The number of Topliss-reactive ketones (excluding diaryl/α,β-unsaturated/α-hetero) is 1. The molecule has 0 saturated heterocycles. The van der Waals surface area contributed by atoms with E-state index >= 15 is 0 Å². The molecular weight excluding hydrogens is 438 g/mol. The normalized spacial score (nSPS) is 11.5. The molecule has 2 N–H and O–H groups in total. The largest absolute Gasteiger partial charge is 0.416 e. The van der Waals surface area contributed by atoms with Gasteiger partial charge in [-0.25, -0.2) is 18.7 Å². The van der Waals surface area contributed by atoms with Crippen LogP contribution in [0.3, 0.4) is 0 Å². The van der Waals surface area contributed by atoms with Gasteiger partial charge in [-0.1, -0.05) is 24.3 Å². The Morgan fingerprint density at radius 1 is 1.12 bits per heavy atom. The summed E-state index contributed by atoms with van der Waals surface area (Å²) >= 11 is 0. The van der Waals surface area contributed by atoms with Crippen LogP contribution < -0.4 is 5.73 Å². The number of aromatic nitrogens is 3. The fourth-order valence-electron chi connectivity index (χ4n) is 3.57. The Labute approximate surface area is 185 Å². The van der Waals surface area contributed by atoms with Crippen LogP contribution in [-0.4, -0.2) is 20.4 Å². The van der Waals surface area contributed by atoms with Crippen molar-refractivity contribution < 1.29 is 22.4 Å². The van der Waals surface area contributed by atoms with Crippen LogP contribution in [0.25, 0.3) is 21.5 Å². The van der Waals surface area contributed by atoms with E-state index in [2.05, 4.69) is 14.9 Å². The molecule has 0 aliphatic heterocycles. The molecule has 0 amide bonds. The number of nitrogen functional groups attached to an aromatic ring is 1. The van der Waals surface area contributed by atoms with E-state index in [1.54, 1.807) is 24.3 Å². The number of ketones is 1. The zero-order valence-electron chi connectivity index (χ0n) is 16.9. The van der Waals surface area contributed by atoms with E-state index in [1.807, 2.05) is 0 Å². The van der Waals surface area contributed by atoms with Gasteiger partial charge in [0.2, 0.25) is 5.69 Å². The highest BCUT2D eigenvalue weighted by molar-refractivity contribution is 5.96. The number of halogens is 4. The zero-order chi connectivity index (χ0) is 23.8. The number of alkyl halides is 3. The van der Waals surface area contributed by atoms with Crippen molar-refractivity contribution in [1.29, 1.82) is 0 Å². The highest BCUT2D eigenvalue weighted by Gasteiger charge is 2.31. The smallest absolute Gasteiger partial charge is 0.382 e. The zero-order valence-corrected chi connectivity index (χ0v) is 16.9. The SMILES string of the molecule is [C-]#[N+]c1cn2ncnc(N)c2c1-c1ccc(CC(=O)Cc2cc(C(F)(F)F)ccc2F)cc1. The minimum atomic E-state index is -4.62. The fourth-order valence-corrected chi connectivity index (χ4v) is 3.57. The molecule has 0 bridgehead atoms. The van der Waals surface area contributed by atoms with Gasteiger partial charge in [0.25, 0.3) is 0 Å². The van der Waals surface area contributed by atoms with Gasteiger partial charge in [-0.2, -0.15) is 18.3 Å².